The van der Waals surface area contributed by atoms with E-state index >= 15 is 0 Å². The van der Waals surface area contributed by atoms with E-state index in [2.05, 4.69) is 4.98 Å². The molecule has 0 radical (unpaired) electrons. The molecule has 0 bridgehead atoms. The molecule has 0 aliphatic heterocycles. The molecule has 1 heterocycles. The van der Waals surface area contributed by atoms with Crippen LogP contribution in [0.1, 0.15) is 10.4 Å². The number of thiazole rings is 1. The molecule has 2 aromatic rings. The molecule has 0 unspecified atom stereocenters. The zero-order valence-corrected chi connectivity index (χ0v) is 10.7. The topological polar surface area (TPSA) is 105 Å². The molecular weight excluding hydrogens is 272 g/mol. The minimum Gasteiger partial charge on any atom is -0.494 e. The standard InChI is InChI=1S/C11H10N2O5S/c1-18-8-3-2-6(4-7(8)13(16)17)5-9-10(14)12-11(15)19-9/h2-4,14H,5H2,1H3,(H,12,15). The average molecular weight is 282 g/mol. The number of hydrogen-bond donors (Lipinski definition) is 2. The Morgan fingerprint density at radius 2 is 2.26 bits per heavy atom. The number of methoxy groups -OCH3 is 1. The van der Waals surface area contributed by atoms with Gasteiger partial charge >= 0.3 is 10.6 Å². The van der Waals surface area contributed by atoms with Gasteiger partial charge in [-0.15, -0.1) is 0 Å². The minimum atomic E-state index is -0.540. The van der Waals surface area contributed by atoms with Crippen molar-refractivity contribution >= 4 is 17.0 Å². The van der Waals surface area contributed by atoms with Crippen LogP contribution in [0.15, 0.2) is 23.0 Å². The van der Waals surface area contributed by atoms with Crippen molar-refractivity contribution in [2.75, 3.05) is 7.11 Å². The summed E-state index contributed by atoms with van der Waals surface area (Å²) in [7, 11) is 1.35. The van der Waals surface area contributed by atoms with Crippen LogP contribution in [0.2, 0.25) is 0 Å². The smallest absolute Gasteiger partial charge is 0.311 e. The second-order valence-corrected chi connectivity index (χ2v) is 4.79. The highest BCUT2D eigenvalue weighted by atomic mass is 32.1. The Hall–Kier alpha value is -2.35. The maximum absolute atomic E-state index is 11.1. The average Bonchev–Trinajstić information content (AvgIpc) is 2.67. The van der Waals surface area contributed by atoms with Crippen molar-refractivity contribution < 1.29 is 14.8 Å². The van der Waals surface area contributed by atoms with E-state index in [1.807, 2.05) is 0 Å². The molecule has 0 aliphatic rings. The number of aromatic nitrogens is 1. The van der Waals surface area contributed by atoms with Crippen molar-refractivity contribution in [3.05, 3.63) is 48.4 Å². The van der Waals surface area contributed by atoms with Crippen molar-refractivity contribution in [3.8, 4) is 11.6 Å². The van der Waals surface area contributed by atoms with Gasteiger partial charge < -0.3 is 9.84 Å². The molecule has 7 nitrogen and oxygen atoms in total. The fourth-order valence-electron chi connectivity index (χ4n) is 1.65. The summed E-state index contributed by atoms with van der Waals surface area (Å²) in [5.41, 5.74) is 0.459. The lowest BCUT2D eigenvalue weighted by Gasteiger charge is -2.04. The number of rotatable bonds is 4. The molecule has 0 spiro atoms. The molecule has 0 amide bonds. The third-order valence-corrected chi connectivity index (χ3v) is 3.38. The van der Waals surface area contributed by atoms with Gasteiger partial charge in [-0.05, 0) is 11.6 Å². The third kappa shape index (κ3) is 2.74. The zero-order chi connectivity index (χ0) is 14.0. The van der Waals surface area contributed by atoms with E-state index in [9.17, 15) is 20.0 Å². The zero-order valence-electron chi connectivity index (χ0n) is 9.87. The fourth-order valence-corrected chi connectivity index (χ4v) is 2.40. The SMILES string of the molecule is COc1ccc(Cc2sc(=O)[nH]c2O)cc1[N+](=O)[O-]. The highest BCUT2D eigenvalue weighted by Gasteiger charge is 2.16. The summed E-state index contributed by atoms with van der Waals surface area (Å²) in [6.45, 7) is 0. The second kappa shape index (κ2) is 5.11. The summed E-state index contributed by atoms with van der Waals surface area (Å²) in [6.07, 6.45) is 0.236. The van der Waals surface area contributed by atoms with E-state index in [4.69, 9.17) is 4.74 Å². The first kappa shape index (κ1) is 13.1. The number of aromatic amines is 1. The summed E-state index contributed by atoms with van der Waals surface area (Å²) in [4.78, 5) is 23.7. The number of nitrogens with zero attached hydrogens (tertiary/aromatic N) is 1. The molecule has 19 heavy (non-hydrogen) atoms. The number of nitro benzene ring substituents is 1. The van der Waals surface area contributed by atoms with Crippen LogP contribution in [0.3, 0.4) is 0 Å². The Bertz CT molecular complexity index is 676. The van der Waals surface area contributed by atoms with Gasteiger partial charge in [-0.2, -0.15) is 0 Å². The lowest BCUT2D eigenvalue weighted by atomic mass is 10.1. The first-order valence-corrected chi connectivity index (χ1v) is 6.05. The molecular formula is C11H10N2O5S. The van der Waals surface area contributed by atoms with E-state index in [1.54, 1.807) is 6.07 Å². The number of nitro groups is 1. The van der Waals surface area contributed by atoms with Gasteiger partial charge in [-0.3, -0.25) is 19.9 Å². The number of ether oxygens (including phenoxy) is 1. The molecule has 0 fully saturated rings. The Kier molecular flexibility index (Phi) is 3.52. The number of aromatic hydroxyl groups is 1. The van der Waals surface area contributed by atoms with Crippen LogP contribution in [-0.2, 0) is 6.42 Å². The van der Waals surface area contributed by atoms with Crippen molar-refractivity contribution in [1.82, 2.24) is 4.98 Å². The van der Waals surface area contributed by atoms with Gasteiger partial charge in [0.05, 0.1) is 16.9 Å². The molecule has 1 aromatic carbocycles. The Balaban J connectivity index is 2.36. The first-order valence-electron chi connectivity index (χ1n) is 5.23. The lowest BCUT2D eigenvalue weighted by molar-refractivity contribution is -0.385. The van der Waals surface area contributed by atoms with Gasteiger partial charge in [0.25, 0.3) is 0 Å². The molecule has 0 saturated heterocycles. The summed E-state index contributed by atoms with van der Waals surface area (Å²) in [6, 6.07) is 4.50. The molecule has 0 atom stereocenters. The van der Waals surface area contributed by atoms with Crippen LogP contribution in [0.4, 0.5) is 5.69 Å². The van der Waals surface area contributed by atoms with Gasteiger partial charge in [0, 0.05) is 12.5 Å². The lowest BCUT2D eigenvalue weighted by Crippen LogP contribution is -1.95. The van der Waals surface area contributed by atoms with Gasteiger partial charge in [0.1, 0.15) is 0 Å². The van der Waals surface area contributed by atoms with E-state index in [0.29, 0.717) is 10.4 Å². The fraction of sp³-hybridized carbons (Fsp3) is 0.182. The summed E-state index contributed by atoms with van der Waals surface area (Å²) in [5.74, 6) is -0.0336. The summed E-state index contributed by atoms with van der Waals surface area (Å²) in [5, 5.41) is 20.3. The van der Waals surface area contributed by atoms with E-state index in [0.717, 1.165) is 11.3 Å². The maximum Gasteiger partial charge on any atom is 0.311 e. The quantitative estimate of drug-likeness (QED) is 0.655. The normalized spacial score (nSPS) is 10.4. The van der Waals surface area contributed by atoms with E-state index < -0.39 is 4.92 Å². The van der Waals surface area contributed by atoms with E-state index in [-0.39, 0.29) is 28.6 Å². The number of nitrogens with one attached hydrogen (secondary N) is 1. The Morgan fingerprint density at radius 1 is 1.53 bits per heavy atom. The summed E-state index contributed by atoms with van der Waals surface area (Å²) < 4.78 is 4.90. The predicted molar refractivity (Wildman–Crippen MR) is 69.1 cm³/mol. The molecule has 2 N–H and O–H groups in total. The molecule has 8 heteroatoms. The number of benzene rings is 1. The van der Waals surface area contributed by atoms with Crippen molar-refractivity contribution in [3.63, 3.8) is 0 Å². The van der Waals surface area contributed by atoms with Gasteiger partial charge in [0.15, 0.2) is 5.75 Å². The molecule has 1 aromatic heterocycles. The Labute approximate surface area is 111 Å². The van der Waals surface area contributed by atoms with Crippen molar-refractivity contribution in [2.24, 2.45) is 0 Å². The third-order valence-electron chi connectivity index (χ3n) is 2.51. The monoisotopic (exact) mass is 282 g/mol. The van der Waals surface area contributed by atoms with Crippen LogP contribution in [-0.4, -0.2) is 22.1 Å². The van der Waals surface area contributed by atoms with Crippen LogP contribution in [0, 0.1) is 10.1 Å². The van der Waals surface area contributed by atoms with Crippen molar-refractivity contribution in [2.45, 2.75) is 6.42 Å². The Morgan fingerprint density at radius 3 is 2.79 bits per heavy atom. The first-order chi connectivity index (χ1) is 9.01. The van der Waals surface area contributed by atoms with E-state index in [1.165, 1.54) is 19.2 Å². The van der Waals surface area contributed by atoms with Crippen molar-refractivity contribution in [1.29, 1.82) is 0 Å². The minimum absolute atomic E-state index is 0.151. The highest BCUT2D eigenvalue weighted by Crippen LogP contribution is 2.29. The van der Waals surface area contributed by atoms with Gasteiger partial charge in [-0.25, -0.2) is 0 Å². The number of H-pyrrole nitrogens is 1. The van der Waals surface area contributed by atoms with Crippen LogP contribution < -0.4 is 9.61 Å². The second-order valence-electron chi connectivity index (χ2n) is 3.73. The van der Waals surface area contributed by atoms with Gasteiger partial charge in [0.2, 0.25) is 5.88 Å². The van der Waals surface area contributed by atoms with Crippen LogP contribution in [0.25, 0.3) is 0 Å². The maximum atomic E-state index is 11.1. The molecule has 100 valence electrons. The molecule has 0 aliphatic carbocycles. The molecule has 0 saturated carbocycles. The van der Waals surface area contributed by atoms with Crippen LogP contribution in [0.5, 0.6) is 11.6 Å². The largest absolute Gasteiger partial charge is 0.494 e. The summed E-state index contributed by atoms with van der Waals surface area (Å²) >= 11 is 0.871. The predicted octanol–water partition coefficient (Wildman–Crippen LogP) is 1.65. The highest BCUT2D eigenvalue weighted by molar-refractivity contribution is 7.09. The number of hydrogen-bond acceptors (Lipinski definition) is 6. The molecule has 2 rings (SSSR count). The van der Waals surface area contributed by atoms with Gasteiger partial charge in [-0.1, -0.05) is 17.4 Å². The van der Waals surface area contributed by atoms with Crippen LogP contribution >= 0.6 is 11.3 Å².